The molecule has 0 spiro atoms. The Kier molecular flexibility index (Phi) is 5.45. The lowest BCUT2D eigenvalue weighted by atomic mass is 10.1. The highest BCUT2D eigenvalue weighted by atomic mass is 15.4. The molecule has 6 aromatic rings. The minimum Gasteiger partial charge on any atom is -0.211 e. The highest BCUT2D eigenvalue weighted by Crippen LogP contribution is 2.30. The van der Waals surface area contributed by atoms with Crippen molar-refractivity contribution in [2.24, 2.45) is 0 Å². The molecular weight excluding hydrogens is 428 g/mol. The van der Waals surface area contributed by atoms with Crippen LogP contribution in [0.3, 0.4) is 0 Å². The number of hydrogen-bond acceptors (Lipinski definition) is 3. The zero-order valence-corrected chi connectivity index (χ0v) is 19.0. The highest BCUT2D eigenvalue weighted by Gasteiger charge is 2.17. The molecule has 2 heterocycles. The fourth-order valence-corrected chi connectivity index (χ4v) is 4.14. The molecule has 2 aromatic heterocycles. The van der Waals surface area contributed by atoms with Crippen LogP contribution in [0.25, 0.3) is 51.0 Å². The largest absolute Gasteiger partial charge is 0.252 e. The molecule has 35 heavy (non-hydrogen) atoms. The molecule has 0 atom stereocenters. The van der Waals surface area contributed by atoms with Crippen molar-refractivity contribution < 1.29 is 0 Å². The van der Waals surface area contributed by atoms with Crippen LogP contribution >= 0.6 is 0 Å². The molecule has 0 N–H and O–H groups in total. The second kappa shape index (κ2) is 9.20. The smallest absolute Gasteiger partial charge is 0.211 e. The van der Waals surface area contributed by atoms with Gasteiger partial charge >= 0.3 is 0 Å². The third-order valence-corrected chi connectivity index (χ3v) is 5.89. The van der Waals surface area contributed by atoms with E-state index in [2.05, 4.69) is 54.6 Å². The van der Waals surface area contributed by atoms with Crippen molar-refractivity contribution in [2.75, 3.05) is 0 Å². The summed E-state index contributed by atoms with van der Waals surface area (Å²) in [6.07, 6.45) is 0. The Balaban J connectivity index is 1.59. The van der Waals surface area contributed by atoms with Gasteiger partial charge in [-0.1, -0.05) is 121 Å². The summed E-state index contributed by atoms with van der Waals surface area (Å²) in [5.41, 5.74) is 7.68. The number of hydrogen-bond donors (Lipinski definition) is 0. The van der Waals surface area contributed by atoms with Crippen LogP contribution < -0.4 is 0 Å². The van der Waals surface area contributed by atoms with Gasteiger partial charge in [0.05, 0.1) is 22.8 Å². The molecule has 0 aliphatic rings. The van der Waals surface area contributed by atoms with Gasteiger partial charge in [-0.15, -0.1) is 0 Å². The minimum absolute atomic E-state index is 0.534. The summed E-state index contributed by atoms with van der Waals surface area (Å²) >= 11 is 0. The molecule has 0 bridgehead atoms. The van der Waals surface area contributed by atoms with Gasteiger partial charge < -0.3 is 0 Å². The van der Waals surface area contributed by atoms with Crippen LogP contribution in [0.2, 0.25) is 0 Å². The van der Waals surface area contributed by atoms with E-state index in [1.807, 2.05) is 83.5 Å². The van der Waals surface area contributed by atoms with E-state index in [1.165, 1.54) is 0 Å². The summed E-state index contributed by atoms with van der Waals surface area (Å²) in [6.45, 7) is 0. The summed E-state index contributed by atoms with van der Waals surface area (Å²) in [5.74, 6) is 0.534. The van der Waals surface area contributed by atoms with Crippen molar-refractivity contribution in [2.45, 2.75) is 0 Å². The molecule has 0 unspecified atom stereocenters. The average Bonchev–Trinajstić information content (AvgIpc) is 3.41. The molecule has 0 amide bonds. The van der Waals surface area contributed by atoms with Crippen LogP contribution in [-0.2, 0) is 0 Å². The monoisotopic (exact) mass is 450 g/mol. The van der Waals surface area contributed by atoms with Crippen LogP contribution in [0.1, 0.15) is 0 Å². The lowest BCUT2D eigenvalue weighted by Gasteiger charge is -2.11. The summed E-state index contributed by atoms with van der Waals surface area (Å²) in [5, 5.41) is 4.99. The quantitative estimate of drug-likeness (QED) is 0.276. The van der Waals surface area contributed by atoms with E-state index in [0.29, 0.717) is 5.95 Å². The molecule has 0 aliphatic carbocycles. The van der Waals surface area contributed by atoms with E-state index in [-0.39, 0.29) is 0 Å². The van der Waals surface area contributed by atoms with Gasteiger partial charge in [0.25, 0.3) is 5.95 Å². The van der Waals surface area contributed by atoms with Gasteiger partial charge in [-0.3, -0.25) is 0 Å². The van der Waals surface area contributed by atoms with Crippen molar-refractivity contribution in [3.8, 4) is 51.0 Å². The first-order valence-corrected chi connectivity index (χ1v) is 11.6. The predicted molar refractivity (Wildman–Crippen MR) is 141 cm³/mol. The Hall–Kier alpha value is -4.83. The lowest BCUT2D eigenvalue weighted by Crippen LogP contribution is -2.07. The fraction of sp³-hybridized carbons (Fsp3) is 0. The van der Waals surface area contributed by atoms with E-state index >= 15 is 0 Å². The van der Waals surface area contributed by atoms with E-state index in [1.54, 1.807) is 0 Å². The first kappa shape index (κ1) is 20.8. The Morgan fingerprint density at radius 3 is 1.26 bits per heavy atom. The summed E-state index contributed by atoms with van der Waals surface area (Å²) in [7, 11) is 0. The standard InChI is InChI=1S/C31H22N4/c1-5-13-23(14-6-1)27-21-28(24-15-7-2-8-16-24)33-31(32-27)35-30(26-19-11-4-12-20-26)22-29(34-35)25-17-9-3-10-18-25/h1-22H. The first-order chi connectivity index (χ1) is 17.3. The first-order valence-electron chi connectivity index (χ1n) is 11.6. The molecule has 0 radical (unpaired) electrons. The molecule has 4 nitrogen and oxygen atoms in total. The Morgan fingerprint density at radius 2 is 0.800 bits per heavy atom. The molecule has 0 fully saturated rings. The molecule has 0 saturated heterocycles. The fourth-order valence-electron chi connectivity index (χ4n) is 4.14. The van der Waals surface area contributed by atoms with Gasteiger partial charge in [0.2, 0.25) is 0 Å². The van der Waals surface area contributed by atoms with Crippen LogP contribution in [-0.4, -0.2) is 19.7 Å². The molecular formula is C31H22N4. The van der Waals surface area contributed by atoms with Crippen LogP contribution in [0, 0.1) is 0 Å². The highest BCUT2D eigenvalue weighted by molar-refractivity contribution is 5.72. The zero-order chi connectivity index (χ0) is 23.5. The molecule has 0 aliphatic heterocycles. The van der Waals surface area contributed by atoms with Crippen molar-refractivity contribution in [1.29, 1.82) is 0 Å². The molecule has 4 heteroatoms. The van der Waals surface area contributed by atoms with Crippen LogP contribution in [0.4, 0.5) is 0 Å². The Bertz CT molecular complexity index is 1500. The normalized spacial score (nSPS) is 10.9. The maximum absolute atomic E-state index is 4.99. The van der Waals surface area contributed by atoms with Crippen molar-refractivity contribution in [1.82, 2.24) is 19.7 Å². The second-order valence-electron chi connectivity index (χ2n) is 8.23. The van der Waals surface area contributed by atoms with Crippen LogP contribution in [0.15, 0.2) is 133 Å². The Labute approximate surface area is 204 Å². The SMILES string of the molecule is c1ccc(-c2cc(-c3ccccc3)nc(-n3nc(-c4ccccc4)cc3-c3ccccc3)n2)cc1. The summed E-state index contributed by atoms with van der Waals surface area (Å²) in [4.78, 5) is 9.96. The van der Waals surface area contributed by atoms with Crippen molar-refractivity contribution in [3.05, 3.63) is 133 Å². The molecule has 4 aromatic carbocycles. The van der Waals surface area contributed by atoms with Crippen molar-refractivity contribution >= 4 is 0 Å². The minimum atomic E-state index is 0.534. The average molecular weight is 451 g/mol. The molecule has 0 saturated carbocycles. The Morgan fingerprint density at radius 1 is 0.400 bits per heavy atom. The third-order valence-electron chi connectivity index (χ3n) is 5.89. The van der Waals surface area contributed by atoms with Gasteiger partial charge in [0.1, 0.15) is 0 Å². The van der Waals surface area contributed by atoms with Gasteiger partial charge in [0.15, 0.2) is 0 Å². The van der Waals surface area contributed by atoms with E-state index < -0.39 is 0 Å². The number of nitrogens with zero attached hydrogens (tertiary/aromatic N) is 4. The van der Waals surface area contributed by atoms with Gasteiger partial charge in [0, 0.05) is 22.3 Å². The van der Waals surface area contributed by atoms with E-state index in [0.717, 1.165) is 45.0 Å². The zero-order valence-electron chi connectivity index (χ0n) is 19.0. The number of rotatable bonds is 5. The van der Waals surface area contributed by atoms with Gasteiger partial charge in [-0.25, -0.2) is 9.97 Å². The molecule has 166 valence electrons. The van der Waals surface area contributed by atoms with Gasteiger partial charge in [-0.05, 0) is 12.1 Å². The topological polar surface area (TPSA) is 43.6 Å². The van der Waals surface area contributed by atoms with Gasteiger partial charge in [-0.2, -0.15) is 9.78 Å². The third kappa shape index (κ3) is 4.25. The second-order valence-corrected chi connectivity index (χ2v) is 8.23. The predicted octanol–water partition coefficient (Wildman–Crippen LogP) is 7.33. The maximum atomic E-state index is 4.99. The molecule has 6 rings (SSSR count). The summed E-state index contributed by atoms with van der Waals surface area (Å²) in [6, 6.07) is 45.0. The maximum Gasteiger partial charge on any atom is 0.252 e. The summed E-state index contributed by atoms with van der Waals surface area (Å²) < 4.78 is 1.86. The van der Waals surface area contributed by atoms with Crippen molar-refractivity contribution in [3.63, 3.8) is 0 Å². The van der Waals surface area contributed by atoms with E-state index in [9.17, 15) is 0 Å². The lowest BCUT2D eigenvalue weighted by molar-refractivity contribution is 0.821. The van der Waals surface area contributed by atoms with E-state index in [4.69, 9.17) is 15.1 Å². The number of benzene rings is 4. The van der Waals surface area contributed by atoms with Crippen LogP contribution in [0.5, 0.6) is 0 Å². The number of aromatic nitrogens is 4.